The fraction of sp³-hybridized carbons (Fsp3) is 0.522. The van der Waals surface area contributed by atoms with Gasteiger partial charge < -0.3 is 27.0 Å². The minimum atomic E-state index is -1.54. The van der Waals surface area contributed by atoms with Crippen LogP contribution in [0.5, 0.6) is 0 Å². The number of allylic oxidation sites excluding steroid dienone is 6. The zero-order valence-corrected chi connectivity index (χ0v) is 18.4. The Balaban J connectivity index is 0.000000223. The zero-order chi connectivity index (χ0) is 23.5. The molecule has 10 heteroatoms. The lowest BCUT2D eigenvalue weighted by molar-refractivity contribution is -0.146. The van der Waals surface area contributed by atoms with E-state index in [4.69, 9.17) is 36.7 Å². The molecule has 0 saturated carbocycles. The van der Waals surface area contributed by atoms with Gasteiger partial charge in [-0.25, -0.2) is 0 Å². The van der Waals surface area contributed by atoms with Crippen molar-refractivity contribution in [2.45, 2.75) is 75.5 Å². The highest BCUT2D eigenvalue weighted by Gasteiger charge is 2.29. The van der Waals surface area contributed by atoms with Crippen molar-refractivity contribution in [3.05, 3.63) is 35.3 Å². The predicted molar refractivity (Wildman–Crippen MR) is 125 cm³/mol. The van der Waals surface area contributed by atoms with Gasteiger partial charge in [-0.1, -0.05) is 0 Å². The lowest BCUT2D eigenvalue weighted by Gasteiger charge is -2.11. The van der Waals surface area contributed by atoms with Crippen LogP contribution in [0.2, 0.25) is 0 Å². The first-order valence-corrected chi connectivity index (χ1v) is 11.3. The van der Waals surface area contributed by atoms with E-state index < -0.39 is 24.0 Å². The summed E-state index contributed by atoms with van der Waals surface area (Å²) in [5.41, 5.74) is 17.2. The van der Waals surface area contributed by atoms with Crippen LogP contribution in [0.25, 0.3) is 0 Å². The van der Waals surface area contributed by atoms with Gasteiger partial charge in [-0.05, 0) is 69.6 Å². The van der Waals surface area contributed by atoms with Gasteiger partial charge in [0.1, 0.15) is 12.1 Å². The maximum absolute atomic E-state index is 9.98. The molecule has 0 aromatic heterocycles. The van der Waals surface area contributed by atoms with E-state index in [1.54, 1.807) is 0 Å². The van der Waals surface area contributed by atoms with E-state index >= 15 is 0 Å². The molecule has 1 fully saturated rings. The van der Waals surface area contributed by atoms with Crippen LogP contribution in [0.15, 0.2) is 50.3 Å². The summed E-state index contributed by atoms with van der Waals surface area (Å²) in [4.78, 5) is 34.7. The summed E-state index contributed by atoms with van der Waals surface area (Å²) in [5.74, 6) is -2.84. The van der Waals surface area contributed by atoms with E-state index in [0.717, 1.165) is 51.4 Å². The molecule has 5 rings (SSSR count). The number of nitrogens with one attached hydrogen (secondary N) is 1. The third kappa shape index (κ3) is 5.63. The minimum absolute atomic E-state index is 0.387. The zero-order valence-electron chi connectivity index (χ0n) is 18.4. The molecule has 8 bridgehead atoms. The van der Waals surface area contributed by atoms with E-state index in [1.165, 1.54) is 34.2 Å². The maximum atomic E-state index is 9.98. The standard InChI is InChI=1S/C19H22N4.C4H8N2O4/c1-3-14-10-16-5-7-18(22-16)19-8-6-17(23-19)11-15-4-2-13(21-15)9-12(1)20-14;5-1(3(7)8)2(6)4(9)10/h9-11,18-20H,1-8H2;1-2H,5-6H2,(H,7,8)(H,9,10)/b12-9+,14-10?,15-11?;. The fourth-order valence-corrected chi connectivity index (χ4v) is 4.53. The number of nitrogens with zero attached hydrogens (tertiary/aromatic N) is 3. The van der Waals surface area contributed by atoms with Crippen LogP contribution in [0.1, 0.15) is 51.4 Å². The highest BCUT2D eigenvalue weighted by molar-refractivity contribution is 6.01. The second-order valence-electron chi connectivity index (χ2n) is 8.88. The SMILES string of the molecule is C1=C2CCC(=N2)/C=C2\CCC(=CC3=NC(CC3)C3CCC1=N3)N2.NC(C(=O)O)C(N)C(=O)O. The largest absolute Gasteiger partial charge is 0.480 e. The fourth-order valence-electron chi connectivity index (χ4n) is 4.53. The van der Waals surface area contributed by atoms with E-state index in [-0.39, 0.29) is 0 Å². The molecule has 4 unspecified atom stereocenters. The number of hydrogen-bond acceptors (Lipinski definition) is 8. The molecule has 0 spiro atoms. The van der Waals surface area contributed by atoms with Crippen molar-refractivity contribution < 1.29 is 19.8 Å². The van der Waals surface area contributed by atoms with E-state index in [0.29, 0.717) is 12.1 Å². The van der Waals surface area contributed by atoms with E-state index in [1.807, 2.05) is 0 Å². The van der Waals surface area contributed by atoms with Crippen molar-refractivity contribution in [2.75, 3.05) is 0 Å². The molecule has 0 aromatic carbocycles. The van der Waals surface area contributed by atoms with Crippen molar-refractivity contribution in [3.63, 3.8) is 0 Å². The van der Waals surface area contributed by atoms with Crippen LogP contribution < -0.4 is 16.8 Å². The topological polar surface area (TPSA) is 176 Å². The Morgan fingerprint density at radius 1 is 0.788 bits per heavy atom. The highest BCUT2D eigenvalue weighted by atomic mass is 16.4. The number of aliphatic carboxylic acids is 2. The first kappa shape index (κ1) is 23.1. The number of fused-ring (bicyclic) bond motifs is 6. The summed E-state index contributed by atoms with van der Waals surface area (Å²) in [6.07, 6.45) is 15.6. The second kappa shape index (κ2) is 9.80. The van der Waals surface area contributed by atoms with E-state index in [2.05, 4.69) is 23.5 Å². The molecule has 7 N–H and O–H groups in total. The van der Waals surface area contributed by atoms with Crippen LogP contribution in [0.3, 0.4) is 0 Å². The van der Waals surface area contributed by atoms with Crippen LogP contribution in [-0.4, -0.2) is 63.5 Å². The molecule has 10 nitrogen and oxygen atoms in total. The maximum Gasteiger partial charge on any atom is 0.322 e. The Morgan fingerprint density at radius 2 is 1.30 bits per heavy atom. The van der Waals surface area contributed by atoms with Gasteiger partial charge in [-0.3, -0.25) is 24.6 Å². The van der Waals surface area contributed by atoms with Gasteiger partial charge in [0.2, 0.25) is 0 Å². The van der Waals surface area contributed by atoms with E-state index in [9.17, 15) is 9.59 Å². The molecule has 0 aromatic rings. The molecule has 0 radical (unpaired) electrons. The summed E-state index contributed by atoms with van der Waals surface area (Å²) < 4.78 is 0. The molecular weight excluding hydrogens is 424 g/mol. The van der Waals surface area contributed by atoms with Crippen LogP contribution in [0.4, 0.5) is 0 Å². The minimum Gasteiger partial charge on any atom is -0.480 e. The van der Waals surface area contributed by atoms with Gasteiger partial charge in [-0.15, -0.1) is 0 Å². The number of aliphatic imine (C=N–C) groups is 3. The first-order chi connectivity index (χ1) is 15.8. The van der Waals surface area contributed by atoms with Gasteiger partial charge in [-0.2, -0.15) is 0 Å². The first-order valence-electron chi connectivity index (χ1n) is 11.3. The summed E-state index contributed by atoms with van der Waals surface area (Å²) in [7, 11) is 0. The molecule has 0 aliphatic carbocycles. The van der Waals surface area contributed by atoms with Crippen molar-refractivity contribution in [2.24, 2.45) is 26.4 Å². The Kier molecular flexibility index (Phi) is 6.85. The third-order valence-electron chi connectivity index (χ3n) is 6.38. The van der Waals surface area contributed by atoms with Gasteiger partial charge in [0.05, 0.1) is 12.1 Å². The average molecular weight is 455 g/mol. The number of carboxylic acids is 2. The number of carboxylic acid groups (broad SMARTS) is 2. The lowest BCUT2D eigenvalue weighted by atomic mass is 10.0. The van der Waals surface area contributed by atoms with Crippen LogP contribution in [-0.2, 0) is 9.59 Å². The van der Waals surface area contributed by atoms with Gasteiger partial charge in [0.15, 0.2) is 0 Å². The molecule has 33 heavy (non-hydrogen) atoms. The predicted octanol–water partition coefficient (Wildman–Crippen LogP) is 1.29. The molecule has 176 valence electrons. The number of hydrogen-bond donors (Lipinski definition) is 5. The van der Waals surface area contributed by atoms with Crippen molar-refractivity contribution in [1.29, 1.82) is 0 Å². The van der Waals surface area contributed by atoms with Crippen LogP contribution >= 0.6 is 0 Å². The summed E-state index contributed by atoms with van der Waals surface area (Å²) in [6, 6.07) is -2.31. The molecule has 0 amide bonds. The number of carbonyl (C=O) groups is 2. The van der Waals surface area contributed by atoms with Crippen molar-refractivity contribution in [3.8, 4) is 0 Å². The molecule has 1 saturated heterocycles. The third-order valence-corrected chi connectivity index (χ3v) is 6.38. The Bertz CT molecular complexity index is 1000. The molecule has 5 aliphatic rings. The van der Waals surface area contributed by atoms with Gasteiger partial charge in [0, 0.05) is 34.2 Å². The molecule has 5 aliphatic heterocycles. The Labute approximate surface area is 192 Å². The summed E-state index contributed by atoms with van der Waals surface area (Å²) in [6.45, 7) is 0. The molecular formula is C23H30N6O4. The summed E-state index contributed by atoms with van der Waals surface area (Å²) >= 11 is 0. The van der Waals surface area contributed by atoms with Crippen LogP contribution in [0, 0.1) is 0 Å². The summed E-state index contributed by atoms with van der Waals surface area (Å²) in [5, 5.41) is 19.8. The van der Waals surface area contributed by atoms with Gasteiger partial charge >= 0.3 is 11.9 Å². The van der Waals surface area contributed by atoms with Crippen molar-refractivity contribution in [1.82, 2.24) is 5.32 Å². The Morgan fingerprint density at radius 3 is 1.85 bits per heavy atom. The monoisotopic (exact) mass is 454 g/mol. The number of rotatable bonds is 3. The quantitative estimate of drug-likeness (QED) is 0.426. The lowest BCUT2D eigenvalue weighted by Crippen LogP contribution is -2.51. The molecule has 4 atom stereocenters. The normalized spacial score (nSPS) is 28.7. The average Bonchev–Trinajstić information content (AvgIpc) is 3.56. The molecule has 5 heterocycles. The number of nitrogens with two attached hydrogens (primary N) is 2. The Hall–Kier alpha value is -3.11. The highest BCUT2D eigenvalue weighted by Crippen LogP contribution is 2.30. The van der Waals surface area contributed by atoms with Crippen molar-refractivity contribution >= 4 is 29.1 Å². The second-order valence-corrected chi connectivity index (χ2v) is 8.88. The smallest absolute Gasteiger partial charge is 0.322 e. The van der Waals surface area contributed by atoms with Gasteiger partial charge in [0.25, 0.3) is 0 Å².